The first-order valence-corrected chi connectivity index (χ1v) is 33.6. The number of alkyl halides is 2. The van der Waals surface area contributed by atoms with Crippen molar-refractivity contribution >= 4 is 93.1 Å². The van der Waals surface area contributed by atoms with Crippen molar-refractivity contribution < 1.29 is 76.7 Å². The summed E-state index contributed by atoms with van der Waals surface area (Å²) in [6.45, 7) is 1.94. The number of hydrogen-bond donors (Lipinski definition) is 7. The molecule has 7 N–H and O–H groups in total. The molecule has 3 aliphatic rings. The summed E-state index contributed by atoms with van der Waals surface area (Å²) < 4.78 is 41.3. The Balaban J connectivity index is 0.906. The van der Waals surface area contributed by atoms with Gasteiger partial charge in [-0.1, -0.05) is 25.0 Å². The van der Waals surface area contributed by atoms with E-state index in [1.54, 1.807) is 37.8 Å². The van der Waals surface area contributed by atoms with Crippen LogP contribution in [0.15, 0.2) is 59.7 Å². The first kappa shape index (κ1) is 76.0. The number of aryl methyl sites for hydroxylation is 1. The molecule has 2 aromatic carbocycles. The largest absolute Gasteiger partial charge is 0.494 e. The molecule has 3 aromatic rings. The molecule has 26 nitrogen and oxygen atoms in total. The number of benzene rings is 2. The van der Waals surface area contributed by atoms with Gasteiger partial charge in [-0.25, -0.2) is 8.78 Å². The molecule has 1 aromatic heterocycles. The fourth-order valence-corrected chi connectivity index (χ4v) is 12.1. The number of ether oxygens (including phenoxy) is 2. The van der Waals surface area contributed by atoms with Gasteiger partial charge in [0.25, 0.3) is 11.8 Å². The van der Waals surface area contributed by atoms with Gasteiger partial charge in [0.15, 0.2) is 0 Å². The number of amides is 6. The molecule has 6 rings (SSSR count). The van der Waals surface area contributed by atoms with Gasteiger partial charge in [0.2, 0.25) is 29.5 Å². The molecule has 0 spiro atoms. The van der Waals surface area contributed by atoms with Crippen molar-refractivity contribution in [1.82, 2.24) is 55.7 Å². The predicted molar refractivity (Wildman–Crippen MR) is 355 cm³/mol. The number of carboxylic acids is 3. The fourth-order valence-electron chi connectivity index (χ4n) is 11.7. The highest BCUT2D eigenvalue weighted by atomic mass is 127. The number of piperidine rings is 1. The first-order valence-electron chi connectivity index (χ1n) is 32.5. The van der Waals surface area contributed by atoms with Crippen molar-refractivity contribution in [2.24, 2.45) is 10.9 Å². The van der Waals surface area contributed by atoms with E-state index in [-0.39, 0.29) is 129 Å². The van der Waals surface area contributed by atoms with Crippen LogP contribution in [-0.2, 0) is 49.5 Å². The average molecular weight is 1430 g/mol. The maximum atomic E-state index is 14.1. The molecule has 4 heterocycles. The lowest BCUT2D eigenvalue weighted by Gasteiger charge is -2.33. The number of nitrogens with zero attached hydrogens (tertiary/aromatic N) is 8. The number of pyridine rings is 1. The Labute approximate surface area is 561 Å². The quantitative estimate of drug-likeness (QED) is 0.0249. The number of rotatable bonds is 36. The van der Waals surface area contributed by atoms with Crippen LogP contribution in [-0.4, -0.2) is 272 Å². The third kappa shape index (κ3) is 28.1. The summed E-state index contributed by atoms with van der Waals surface area (Å²) in [5, 5.41) is 40.6. The van der Waals surface area contributed by atoms with Gasteiger partial charge in [-0.3, -0.25) is 72.7 Å². The minimum Gasteiger partial charge on any atom is -0.494 e. The molecule has 0 radical (unpaired) electrons. The Morgan fingerprint density at radius 1 is 0.691 bits per heavy atom. The molecule has 3 aliphatic heterocycles. The summed E-state index contributed by atoms with van der Waals surface area (Å²) in [6.07, 6.45) is 10.9. The van der Waals surface area contributed by atoms with Crippen LogP contribution in [0.3, 0.4) is 0 Å². The molecule has 0 bridgehead atoms. The number of aliphatic imine (C=N–C) groups is 1. The Kier molecular flexibility index (Phi) is 32.6. The highest BCUT2D eigenvalue weighted by Gasteiger charge is 2.46. The standard InChI is InChI=1S/C65H93F2IN12O14/c1-69-40-50-39-65(66,67)46-80(50)59(84)41-73-63(91)52-18-23-70-54-17-16-51(38-53(52)54)94-35-6-4-8-48-19-25-79(26-20-48)58(83)11-3-2-5-22-72-64(92)55(21-36-93-37-24-71-56(81)10-7-9-47-12-14-49(68)15-13-47)74-57(82)42-75-27-29-76(43-60(85)86)31-33-78(45-62(89)90)34-32-77(30-28-75)44-61(87)88/h12-18,23,38,40,48,50,55H,2-11,19-22,24-37,39,41-46H2,1H3,(H,71,81)(H,72,92)(H,73,91)(H,74,82)(H,85,86)(H,87,88)(H,89,90)/b69-40+/t50-,55+/m1/s1. The van der Waals surface area contributed by atoms with Crippen molar-refractivity contribution in [3.63, 3.8) is 0 Å². The van der Waals surface area contributed by atoms with Crippen LogP contribution in [0.5, 0.6) is 5.75 Å². The van der Waals surface area contributed by atoms with Crippen molar-refractivity contribution in [2.45, 2.75) is 108 Å². The van der Waals surface area contributed by atoms with Crippen LogP contribution < -0.4 is 26.0 Å². The van der Waals surface area contributed by atoms with Gasteiger partial charge in [-0.05, 0) is 128 Å². The topological polar surface area (TPSA) is 326 Å². The van der Waals surface area contributed by atoms with Gasteiger partial charge in [-0.2, -0.15) is 0 Å². The van der Waals surface area contributed by atoms with E-state index in [1.807, 2.05) is 29.2 Å². The fraction of sp³-hybridized carbons (Fsp3) is 0.615. The number of halogens is 3. The Morgan fingerprint density at radius 2 is 1.33 bits per heavy atom. The number of aromatic nitrogens is 1. The van der Waals surface area contributed by atoms with Crippen molar-refractivity contribution in [2.75, 3.05) is 145 Å². The number of fused-ring (bicyclic) bond motifs is 1. The lowest BCUT2D eigenvalue weighted by molar-refractivity contribution is -0.140. The summed E-state index contributed by atoms with van der Waals surface area (Å²) in [4.78, 5) is 133. The molecule has 518 valence electrons. The molecular weight excluding hydrogens is 1340 g/mol. The zero-order valence-corrected chi connectivity index (χ0v) is 56.0. The molecule has 3 fully saturated rings. The second kappa shape index (κ2) is 40.4. The Hall–Kier alpha value is -7.06. The van der Waals surface area contributed by atoms with Crippen LogP contribution in [0.1, 0.15) is 99.4 Å². The van der Waals surface area contributed by atoms with Crippen LogP contribution in [0.4, 0.5) is 8.78 Å². The SMILES string of the molecule is C/N=C/[C@H]1CC(F)(F)CN1C(=O)CNC(=O)c1ccnc2ccc(OCCCCC3CCN(C(=O)CCCCCNC(=O)[C@H](CCOCCNC(=O)CCCc4ccc(I)cc4)NC(=O)CN4CCN(CC(=O)O)CCN(CC(=O)O)CCN(CC(=O)O)CC4)CC3)cc12. The minimum atomic E-state index is -3.04. The van der Waals surface area contributed by atoms with Gasteiger partial charge in [-0.15, -0.1) is 0 Å². The summed E-state index contributed by atoms with van der Waals surface area (Å²) >= 11 is 2.25. The zero-order valence-electron chi connectivity index (χ0n) is 53.8. The molecule has 0 unspecified atom stereocenters. The smallest absolute Gasteiger partial charge is 0.317 e. The number of carbonyl (C=O) groups excluding carboxylic acids is 6. The lowest BCUT2D eigenvalue weighted by Crippen LogP contribution is -2.52. The third-order valence-corrected chi connectivity index (χ3v) is 17.6. The van der Waals surface area contributed by atoms with Gasteiger partial charge in [0.05, 0.1) is 69.6 Å². The van der Waals surface area contributed by atoms with E-state index in [0.717, 1.165) is 52.6 Å². The van der Waals surface area contributed by atoms with E-state index in [1.165, 1.54) is 25.5 Å². The normalized spacial score (nSPS) is 17.6. The van der Waals surface area contributed by atoms with E-state index in [2.05, 4.69) is 53.8 Å². The lowest BCUT2D eigenvalue weighted by atomic mass is 9.91. The van der Waals surface area contributed by atoms with Crippen molar-refractivity contribution in [3.8, 4) is 5.75 Å². The van der Waals surface area contributed by atoms with Crippen LogP contribution >= 0.6 is 22.6 Å². The van der Waals surface area contributed by atoms with Crippen LogP contribution in [0.2, 0.25) is 0 Å². The molecule has 94 heavy (non-hydrogen) atoms. The highest BCUT2D eigenvalue weighted by molar-refractivity contribution is 14.1. The molecule has 2 atom stereocenters. The van der Waals surface area contributed by atoms with E-state index >= 15 is 0 Å². The number of aliphatic carboxylic acids is 3. The molecular formula is C65H93F2IN12O14. The Bertz CT molecular complexity index is 2970. The highest BCUT2D eigenvalue weighted by Crippen LogP contribution is 2.32. The third-order valence-electron chi connectivity index (χ3n) is 16.8. The number of nitrogens with one attached hydrogen (secondary N) is 4. The maximum absolute atomic E-state index is 14.1. The second-order valence-electron chi connectivity index (χ2n) is 24.2. The number of hydrogen-bond acceptors (Lipinski definition) is 17. The number of unbranched alkanes of at least 4 members (excludes halogenated alkanes) is 3. The molecule has 0 aliphatic carbocycles. The summed E-state index contributed by atoms with van der Waals surface area (Å²) in [7, 11) is 1.45. The van der Waals surface area contributed by atoms with Gasteiger partial charge >= 0.3 is 17.9 Å². The number of carboxylic acid groups (broad SMARTS) is 3. The van der Waals surface area contributed by atoms with Gasteiger partial charge in [0, 0.05) is 133 Å². The van der Waals surface area contributed by atoms with Crippen LogP contribution in [0, 0.1) is 9.49 Å². The van der Waals surface area contributed by atoms with Gasteiger partial charge < -0.3 is 55.9 Å². The van der Waals surface area contributed by atoms with Crippen LogP contribution in [0.25, 0.3) is 10.9 Å². The summed E-state index contributed by atoms with van der Waals surface area (Å²) in [5.74, 6) is -7.39. The van der Waals surface area contributed by atoms with E-state index in [0.29, 0.717) is 80.8 Å². The number of carbonyl (C=O) groups is 9. The van der Waals surface area contributed by atoms with E-state index in [9.17, 15) is 67.3 Å². The molecule has 0 saturated carbocycles. The maximum Gasteiger partial charge on any atom is 0.317 e. The van der Waals surface area contributed by atoms with Crippen molar-refractivity contribution in [1.29, 1.82) is 0 Å². The summed E-state index contributed by atoms with van der Waals surface area (Å²) in [6, 6.07) is 13.0. The summed E-state index contributed by atoms with van der Waals surface area (Å²) in [5.41, 5.74) is 1.96. The monoisotopic (exact) mass is 1430 g/mol. The first-order chi connectivity index (χ1) is 45.1. The van der Waals surface area contributed by atoms with E-state index < -0.39 is 79.1 Å². The Morgan fingerprint density at radius 3 is 1.96 bits per heavy atom. The molecule has 6 amide bonds. The van der Waals surface area contributed by atoms with Gasteiger partial charge in [0.1, 0.15) is 11.8 Å². The van der Waals surface area contributed by atoms with E-state index in [4.69, 9.17) is 9.47 Å². The number of likely N-dealkylation sites (tertiary alicyclic amines) is 2. The predicted octanol–water partition coefficient (Wildman–Crippen LogP) is 3.48. The average Bonchev–Trinajstić information content (AvgIpc) is 1.44. The zero-order chi connectivity index (χ0) is 67.8. The molecule has 29 heteroatoms. The second-order valence-corrected chi connectivity index (χ2v) is 25.4. The van der Waals surface area contributed by atoms with Crippen molar-refractivity contribution in [3.05, 3.63) is 69.4 Å². The minimum absolute atomic E-state index is 0.0772. The molecule has 3 saturated heterocycles.